The standard InChI is InChI=1S/C23H27F3N6O4/c1-36-19-5-2-13(8-17(19)27)11-32-7-6-15(12-32)30-20(33)10-29-21(34)16-9-14(23(24,25)26)3-4-18(16)31-22(28)35/h2-5,8-9,15H,6-7,10-12,27H2,1H3,(H,29,34)(H,30,33)(H3,28,31,35)/t15-/m0/s1. The Labute approximate surface area is 205 Å². The number of urea groups is 1. The first kappa shape index (κ1) is 26.6. The molecule has 0 radical (unpaired) electrons. The molecule has 1 aliphatic rings. The maximum absolute atomic E-state index is 13.1. The largest absolute Gasteiger partial charge is 0.495 e. The van der Waals surface area contributed by atoms with E-state index in [1.54, 1.807) is 6.07 Å². The fourth-order valence-corrected chi connectivity index (χ4v) is 3.92. The van der Waals surface area contributed by atoms with Crippen molar-refractivity contribution >= 4 is 29.2 Å². The summed E-state index contributed by atoms with van der Waals surface area (Å²) in [6, 6.07) is 6.53. The summed E-state index contributed by atoms with van der Waals surface area (Å²) >= 11 is 0. The molecule has 10 nitrogen and oxygen atoms in total. The first-order valence-electron chi connectivity index (χ1n) is 11.0. The molecule has 7 N–H and O–H groups in total. The quantitative estimate of drug-likeness (QED) is 0.344. The molecule has 36 heavy (non-hydrogen) atoms. The number of carbonyl (C=O) groups excluding carboxylic acids is 3. The predicted octanol–water partition coefficient (Wildman–Crippen LogP) is 1.91. The van der Waals surface area contributed by atoms with Gasteiger partial charge in [-0.2, -0.15) is 13.2 Å². The predicted molar refractivity (Wildman–Crippen MR) is 126 cm³/mol. The van der Waals surface area contributed by atoms with Crippen LogP contribution in [0.2, 0.25) is 0 Å². The normalized spacial score (nSPS) is 15.8. The molecule has 0 bridgehead atoms. The molecule has 0 spiro atoms. The van der Waals surface area contributed by atoms with Crippen LogP contribution in [-0.4, -0.2) is 55.5 Å². The molecule has 0 saturated carbocycles. The average molecular weight is 509 g/mol. The van der Waals surface area contributed by atoms with Crippen LogP contribution in [0.4, 0.5) is 29.3 Å². The minimum Gasteiger partial charge on any atom is -0.495 e. The molecule has 2 aromatic carbocycles. The van der Waals surface area contributed by atoms with Crippen LogP contribution < -0.4 is 32.2 Å². The SMILES string of the molecule is COc1ccc(CN2CC[C@H](NC(=O)CNC(=O)c3cc(C(F)(F)F)ccc3NC(N)=O)C2)cc1N. The summed E-state index contributed by atoms with van der Waals surface area (Å²) < 4.78 is 44.4. The highest BCUT2D eigenvalue weighted by Gasteiger charge is 2.32. The zero-order valence-corrected chi connectivity index (χ0v) is 19.4. The second-order valence-electron chi connectivity index (χ2n) is 8.29. The maximum atomic E-state index is 13.1. The number of nitrogen functional groups attached to an aromatic ring is 1. The number of nitrogens with zero attached hydrogens (tertiary/aromatic N) is 1. The lowest BCUT2D eigenvalue weighted by Crippen LogP contribution is -2.43. The molecule has 1 aliphatic heterocycles. The monoisotopic (exact) mass is 508 g/mol. The number of rotatable bonds is 8. The lowest BCUT2D eigenvalue weighted by molar-refractivity contribution is -0.137. The van der Waals surface area contributed by atoms with E-state index in [9.17, 15) is 27.6 Å². The third-order valence-corrected chi connectivity index (χ3v) is 5.60. The number of hydrogen-bond acceptors (Lipinski definition) is 6. The van der Waals surface area contributed by atoms with Crippen LogP contribution in [-0.2, 0) is 17.5 Å². The van der Waals surface area contributed by atoms with Crippen LogP contribution in [0, 0.1) is 0 Å². The van der Waals surface area contributed by atoms with Crippen molar-refractivity contribution in [3.63, 3.8) is 0 Å². The van der Waals surface area contributed by atoms with Crippen LogP contribution in [0.5, 0.6) is 5.75 Å². The molecule has 0 aliphatic carbocycles. The lowest BCUT2D eigenvalue weighted by Gasteiger charge is -2.18. The van der Waals surface area contributed by atoms with Crippen molar-refractivity contribution in [1.29, 1.82) is 0 Å². The van der Waals surface area contributed by atoms with Crippen molar-refractivity contribution in [3.8, 4) is 5.75 Å². The van der Waals surface area contributed by atoms with Crippen molar-refractivity contribution in [3.05, 3.63) is 53.1 Å². The molecule has 13 heteroatoms. The number of methoxy groups -OCH3 is 1. The third kappa shape index (κ3) is 7.01. The molecular formula is C23H27F3N6O4. The minimum absolute atomic E-state index is 0.161. The van der Waals surface area contributed by atoms with E-state index in [2.05, 4.69) is 20.9 Å². The van der Waals surface area contributed by atoms with Crippen LogP contribution in [0.1, 0.15) is 27.9 Å². The number of nitrogens with one attached hydrogen (secondary N) is 3. The molecule has 1 atom stereocenters. The van der Waals surface area contributed by atoms with Gasteiger partial charge in [0.15, 0.2) is 0 Å². The Morgan fingerprint density at radius 2 is 1.92 bits per heavy atom. The van der Waals surface area contributed by atoms with Gasteiger partial charge in [-0.1, -0.05) is 6.07 Å². The summed E-state index contributed by atoms with van der Waals surface area (Å²) in [6.45, 7) is 1.47. The number of nitrogens with two attached hydrogens (primary N) is 2. The van der Waals surface area contributed by atoms with Crippen molar-refractivity contribution in [2.45, 2.75) is 25.2 Å². The van der Waals surface area contributed by atoms with E-state index < -0.39 is 41.7 Å². The van der Waals surface area contributed by atoms with Gasteiger partial charge in [0.2, 0.25) is 5.91 Å². The van der Waals surface area contributed by atoms with E-state index in [1.807, 2.05) is 12.1 Å². The number of benzene rings is 2. The highest BCUT2D eigenvalue weighted by molar-refractivity contribution is 6.04. The third-order valence-electron chi connectivity index (χ3n) is 5.60. The minimum atomic E-state index is -4.70. The summed E-state index contributed by atoms with van der Waals surface area (Å²) in [5.74, 6) is -0.875. The van der Waals surface area contributed by atoms with E-state index in [1.165, 1.54) is 7.11 Å². The van der Waals surface area contributed by atoms with Crippen LogP contribution in [0.25, 0.3) is 0 Å². The molecule has 0 unspecified atom stereocenters. The van der Waals surface area contributed by atoms with Gasteiger partial charge in [-0.05, 0) is 42.3 Å². The summed E-state index contributed by atoms with van der Waals surface area (Å²) in [4.78, 5) is 38.2. The Hall–Kier alpha value is -4.00. The average Bonchev–Trinajstić information content (AvgIpc) is 3.23. The molecule has 4 amide bonds. The van der Waals surface area contributed by atoms with Crippen molar-refractivity contribution in [2.75, 3.05) is 37.8 Å². The van der Waals surface area contributed by atoms with E-state index in [0.29, 0.717) is 43.1 Å². The number of likely N-dealkylation sites (tertiary alicyclic amines) is 1. The number of primary amides is 1. The second-order valence-corrected chi connectivity index (χ2v) is 8.29. The van der Waals surface area contributed by atoms with Gasteiger partial charge in [0.05, 0.1) is 36.2 Å². The van der Waals surface area contributed by atoms with Gasteiger partial charge in [0.25, 0.3) is 5.91 Å². The first-order valence-corrected chi connectivity index (χ1v) is 11.0. The topological polar surface area (TPSA) is 152 Å². The number of alkyl halides is 3. The Balaban J connectivity index is 1.54. The van der Waals surface area contributed by atoms with E-state index >= 15 is 0 Å². The van der Waals surface area contributed by atoms with Gasteiger partial charge >= 0.3 is 12.2 Å². The Bertz CT molecular complexity index is 1140. The number of carbonyl (C=O) groups is 3. The lowest BCUT2D eigenvalue weighted by atomic mass is 10.1. The highest BCUT2D eigenvalue weighted by atomic mass is 19.4. The Kier molecular flexibility index (Phi) is 8.25. The van der Waals surface area contributed by atoms with Gasteiger partial charge in [0, 0.05) is 25.7 Å². The number of hydrogen-bond donors (Lipinski definition) is 5. The molecule has 1 fully saturated rings. The van der Waals surface area contributed by atoms with Gasteiger partial charge in [-0.25, -0.2) is 4.79 Å². The van der Waals surface area contributed by atoms with Crippen LogP contribution in [0.15, 0.2) is 36.4 Å². The Morgan fingerprint density at radius 1 is 1.17 bits per heavy atom. The van der Waals surface area contributed by atoms with Crippen molar-refractivity contribution in [1.82, 2.24) is 15.5 Å². The maximum Gasteiger partial charge on any atom is 0.416 e. The fourth-order valence-electron chi connectivity index (χ4n) is 3.92. The number of ether oxygens (including phenoxy) is 1. The molecule has 1 saturated heterocycles. The summed E-state index contributed by atoms with van der Waals surface area (Å²) in [6.07, 6.45) is -4.02. The van der Waals surface area contributed by atoms with Gasteiger partial charge in [0.1, 0.15) is 5.75 Å². The summed E-state index contributed by atoms with van der Waals surface area (Å²) in [5.41, 5.74) is 10.7. The highest BCUT2D eigenvalue weighted by Crippen LogP contribution is 2.32. The number of anilines is 2. The molecule has 194 valence electrons. The number of halogens is 3. The van der Waals surface area contributed by atoms with Crippen molar-refractivity contribution in [2.24, 2.45) is 5.73 Å². The van der Waals surface area contributed by atoms with Gasteiger partial charge in [-0.15, -0.1) is 0 Å². The van der Waals surface area contributed by atoms with Gasteiger partial charge < -0.3 is 32.2 Å². The second kappa shape index (κ2) is 11.2. The molecule has 3 rings (SSSR count). The molecule has 0 aromatic heterocycles. The van der Waals surface area contributed by atoms with Crippen LogP contribution in [0.3, 0.4) is 0 Å². The molecule has 2 aromatic rings. The Morgan fingerprint density at radius 3 is 2.56 bits per heavy atom. The molecular weight excluding hydrogens is 481 g/mol. The van der Waals surface area contributed by atoms with Crippen molar-refractivity contribution < 1.29 is 32.3 Å². The smallest absolute Gasteiger partial charge is 0.416 e. The summed E-state index contributed by atoms with van der Waals surface area (Å²) in [7, 11) is 1.54. The van der Waals surface area contributed by atoms with E-state index in [-0.39, 0.29) is 11.7 Å². The zero-order valence-electron chi connectivity index (χ0n) is 19.4. The summed E-state index contributed by atoms with van der Waals surface area (Å²) in [5, 5.41) is 7.19. The fraction of sp³-hybridized carbons (Fsp3) is 0.348. The van der Waals surface area contributed by atoms with Gasteiger partial charge in [-0.3, -0.25) is 14.5 Å². The molecule has 1 heterocycles. The number of amides is 4. The zero-order chi connectivity index (χ0) is 26.5. The van der Waals surface area contributed by atoms with E-state index in [0.717, 1.165) is 18.2 Å². The first-order chi connectivity index (χ1) is 17.0. The van der Waals surface area contributed by atoms with Crippen LogP contribution >= 0.6 is 0 Å². The van der Waals surface area contributed by atoms with E-state index in [4.69, 9.17) is 16.2 Å².